The Balaban J connectivity index is 2.27. The molecule has 0 atom stereocenters. The molecular weight excluding hydrogens is 186 g/mol. The first kappa shape index (κ1) is 12.0. The fourth-order valence-corrected chi connectivity index (χ4v) is 1.54. The minimum absolute atomic E-state index is 0.976. The molecule has 15 heavy (non-hydrogen) atoms. The van der Waals surface area contributed by atoms with Gasteiger partial charge in [0.15, 0.2) is 0 Å². The van der Waals surface area contributed by atoms with Crippen LogP contribution in [0.25, 0.3) is 0 Å². The Morgan fingerprint density at radius 1 is 1.47 bits per heavy atom. The van der Waals surface area contributed by atoms with Crippen molar-refractivity contribution in [1.29, 1.82) is 0 Å². The van der Waals surface area contributed by atoms with E-state index >= 15 is 0 Å². The molecule has 0 aliphatic rings. The van der Waals surface area contributed by atoms with Crippen molar-refractivity contribution >= 4 is 0 Å². The number of aromatic nitrogens is 2. The molecule has 1 N–H and O–H groups in total. The smallest absolute Gasteiger partial charge is 0.0596 e. The number of nitrogens with zero attached hydrogens (tertiary/aromatic N) is 2. The van der Waals surface area contributed by atoms with Crippen molar-refractivity contribution in [2.24, 2.45) is 7.05 Å². The molecule has 84 valence electrons. The van der Waals surface area contributed by atoms with E-state index in [1.54, 1.807) is 0 Å². The second-order valence-corrected chi connectivity index (χ2v) is 3.72. The quantitative estimate of drug-likeness (QED) is 0.569. The largest absolute Gasteiger partial charge is 0.317 e. The average Bonchev–Trinajstić information content (AvgIpc) is 2.51. The zero-order valence-corrected chi connectivity index (χ0v) is 9.95. The van der Waals surface area contributed by atoms with Crippen LogP contribution >= 0.6 is 0 Å². The number of hydrogen-bond donors (Lipinski definition) is 1. The summed E-state index contributed by atoms with van der Waals surface area (Å²) in [6, 6.07) is 2.13. The Kier molecular flexibility index (Phi) is 5.12. The summed E-state index contributed by atoms with van der Waals surface area (Å²) in [6.07, 6.45) is 6.52. The van der Waals surface area contributed by atoms with E-state index in [2.05, 4.69) is 35.6 Å². The monoisotopic (exact) mass is 207 g/mol. The standard InChI is InChI=1S/C12H21N3/c1-4-13-9-7-5-6-8-12-10-11(2)14-15(12)3/h5-6,10,13H,4,7-9H2,1-3H3. The van der Waals surface area contributed by atoms with Crippen LogP contribution in [0.3, 0.4) is 0 Å². The summed E-state index contributed by atoms with van der Waals surface area (Å²) in [5.74, 6) is 0. The fourth-order valence-electron chi connectivity index (χ4n) is 1.54. The second kappa shape index (κ2) is 6.40. The van der Waals surface area contributed by atoms with Gasteiger partial charge in [0.25, 0.3) is 0 Å². The van der Waals surface area contributed by atoms with Gasteiger partial charge in [0.2, 0.25) is 0 Å². The molecule has 0 saturated carbocycles. The molecule has 1 heterocycles. The average molecular weight is 207 g/mol. The van der Waals surface area contributed by atoms with E-state index < -0.39 is 0 Å². The summed E-state index contributed by atoms with van der Waals surface area (Å²) in [7, 11) is 1.99. The molecule has 0 saturated heterocycles. The number of nitrogens with one attached hydrogen (secondary N) is 1. The van der Waals surface area contributed by atoms with Crippen LogP contribution in [0, 0.1) is 6.92 Å². The lowest BCUT2D eigenvalue weighted by Gasteiger charge is -1.97. The molecule has 3 nitrogen and oxygen atoms in total. The summed E-state index contributed by atoms with van der Waals surface area (Å²) < 4.78 is 1.95. The Labute approximate surface area is 92.2 Å². The number of allylic oxidation sites excluding steroid dienone is 1. The molecule has 0 radical (unpaired) electrons. The summed E-state index contributed by atoms with van der Waals surface area (Å²) in [6.45, 7) is 6.27. The lowest BCUT2D eigenvalue weighted by Crippen LogP contribution is -2.12. The first-order valence-electron chi connectivity index (χ1n) is 5.59. The van der Waals surface area contributed by atoms with E-state index in [0.29, 0.717) is 0 Å². The van der Waals surface area contributed by atoms with Gasteiger partial charge in [0.1, 0.15) is 0 Å². The van der Waals surface area contributed by atoms with Crippen molar-refractivity contribution in [1.82, 2.24) is 15.1 Å². The van der Waals surface area contributed by atoms with Gasteiger partial charge in [-0.15, -0.1) is 0 Å². The molecule has 0 unspecified atom stereocenters. The summed E-state index contributed by atoms with van der Waals surface area (Å²) in [5, 5.41) is 7.60. The highest BCUT2D eigenvalue weighted by atomic mass is 15.3. The van der Waals surface area contributed by atoms with E-state index in [9.17, 15) is 0 Å². The van der Waals surface area contributed by atoms with Gasteiger partial charge in [-0.3, -0.25) is 4.68 Å². The first-order valence-corrected chi connectivity index (χ1v) is 5.59. The summed E-state index contributed by atoms with van der Waals surface area (Å²) >= 11 is 0. The minimum atomic E-state index is 0.976. The third kappa shape index (κ3) is 4.30. The molecule has 0 amide bonds. The Bertz CT molecular complexity index is 313. The minimum Gasteiger partial charge on any atom is -0.317 e. The highest BCUT2D eigenvalue weighted by Crippen LogP contribution is 2.03. The Morgan fingerprint density at radius 2 is 2.27 bits per heavy atom. The van der Waals surface area contributed by atoms with Crippen LogP contribution in [0.5, 0.6) is 0 Å². The van der Waals surface area contributed by atoms with Gasteiger partial charge in [0, 0.05) is 19.2 Å². The van der Waals surface area contributed by atoms with Gasteiger partial charge in [0.05, 0.1) is 5.69 Å². The van der Waals surface area contributed by atoms with Crippen LogP contribution in [-0.2, 0) is 13.5 Å². The van der Waals surface area contributed by atoms with E-state index in [0.717, 1.165) is 31.6 Å². The lowest BCUT2D eigenvalue weighted by molar-refractivity contribution is 0.715. The van der Waals surface area contributed by atoms with Crippen LogP contribution in [0.4, 0.5) is 0 Å². The van der Waals surface area contributed by atoms with Gasteiger partial charge in [-0.1, -0.05) is 19.1 Å². The highest BCUT2D eigenvalue weighted by molar-refractivity contribution is 5.11. The van der Waals surface area contributed by atoms with Crippen molar-refractivity contribution in [3.63, 3.8) is 0 Å². The number of rotatable bonds is 6. The predicted molar refractivity (Wildman–Crippen MR) is 63.9 cm³/mol. The third-order valence-electron chi connectivity index (χ3n) is 2.33. The van der Waals surface area contributed by atoms with Crippen molar-refractivity contribution < 1.29 is 0 Å². The van der Waals surface area contributed by atoms with Crippen LogP contribution in [0.2, 0.25) is 0 Å². The highest BCUT2D eigenvalue weighted by Gasteiger charge is 1.98. The first-order chi connectivity index (χ1) is 7.24. The molecule has 1 aromatic heterocycles. The lowest BCUT2D eigenvalue weighted by atomic mass is 10.2. The molecule has 1 rings (SSSR count). The maximum absolute atomic E-state index is 4.31. The molecule has 0 bridgehead atoms. The van der Waals surface area contributed by atoms with Crippen molar-refractivity contribution in [2.75, 3.05) is 13.1 Å². The predicted octanol–water partition coefficient (Wildman–Crippen LogP) is 1.83. The van der Waals surface area contributed by atoms with Crippen molar-refractivity contribution in [2.45, 2.75) is 26.7 Å². The number of aryl methyl sites for hydroxylation is 2. The van der Waals surface area contributed by atoms with E-state index in [4.69, 9.17) is 0 Å². The van der Waals surface area contributed by atoms with Crippen LogP contribution in [-0.4, -0.2) is 22.9 Å². The Hall–Kier alpha value is -1.09. The zero-order chi connectivity index (χ0) is 11.1. The second-order valence-electron chi connectivity index (χ2n) is 3.72. The van der Waals surface area contributed by atoms with Gasteiger partial charge in [-0.05, 0) is 32.5 Å². The van der Waals surface area contributed by atoms with E-state index in [1.807, 2.05) is 18.7 Å². The topological polar surface area (TPSA) is 29.9 Å². The van der Waals surface area contributed by atoms with Gasteiger partial charge >= 0.3 is 0 Å². The van der Waals surface area contributed by atoms with Crippen molar-refractivity contribution in [3.05, 3.63) is 29.6 Å². The van der Waals surface area contributed by atoms with Gasteiger partial charge < -0.3 is 5.32 Å². The summed E-state index contributed by atoms with van der Waals surface area (Å²) in [5.41, 5.74) is 2.36. The third-order valence-corrected chi connectivity index (χ3v) is 2.33. The molecule has 0 spiro atoms. The van der Waals surface area contributed by atoms with Crippen LogP contribution in [0.1, 0.15) is 24.7 Å². The van der Waals surface area contributed by atoms with Gasteiger partial charge in [-0.25, -0.2) is 0 Å². The fraction of sp³-hybridized carbons (Fsp3) is 0.583. The molecular formula is C12H21N3. The molecule has 0 fully saturated rings. The summed E-state index contributed by atoms with van der Waals surface area (Å²) in [4.78, 5) is 0. The molecule has 0 aromatic carbocycles. The molecule has 0 aliphatic carbocycles. The zero-order valence-electron chi connectivity index (χ0n) is 9.95. The van der Waals surface area contributed by atoms with E-state index in [-0.39, 0.29) is 0 Å². The SMILES string of the molecule is CCNCCC=CCc1cc(C)nn1C. The maximum atomic E-state index is 4.31. The van der Waals surface area contributed by atoms with Crippen molar-refractivity contribution in [3.8, 4) is 0 Å². The maximum Gasteiger partial charge on any atom is 0.0596 e. The molecule has 1 aromatic rings. The normalized spacial score (nSPS) is 11.4. The molecule has 0 aliphatic heterocycles. The van der Waals surface area contributed by atoms with Crippen LogP contribution < -0.4 is 5.32 Å². The number of hydrogen-bond acceptors (Lipinski definition) is 2. The van der Waals surface area contributed by atoms with Gasteiger partial charge in [-0.2, -0.15) is 5.10 Å². The Morgan fingerprint density at radius 3 is 2.87 bits per heavy atom. The van der Waals surface area contributed by atoms with Crippen LogP contribution in [0.15, 0.2) is 18.2 Å². The molecule has 3 heteroatoms. The van der Waals surface area contributed by atoms with E-state index in [1.165, 1.54) is 5.69 Å².